The lowest BCUT2D eigenvalue weighted by Gasteiger charge is -2.34. The summed E-state index contributed by atoms with van der Waals surface area (Å²) in [6, 6.07) is 3.23. The van der Waals surface area contributed by atoms with E-state index >= 15 is 0 Å². The Kier molecular flexibility index (Phi) is 10.3. The molecule has 1 fully saturated rings. The summed E-state index contributed by atoms with van der Waals surface area (Å²) in [7, 11) is 4.72. The van der Waals surface area contributed by atoms with Gasteiger partial charge in [-0.05, 0) is 6.07 Å². The summed E-state index contributed by atoms with van der Waals surface area (Å²) in [6.45, 7) is 2.89. The van der Waals surface area contributed by atoms with Gasteiger partial charge in [0.25, 0.3) is 0 Å². The van der Waals surface area contributed by atoms with Crippen molar-refractivity contribution in [2.45, 2.75) is 6.04 Å². The molecule has 0 aliphatic carbocycles. The molecule has 0 unspecified atom stereocenters. The minimum atomic E-state index is -0.466. The van der Waals surface area contributed by atoms with E-state index in [-0.39, 0.29) is 30.9 Å². The van der Waals surface area contributed by atoms with Crippen molar-refractivity contribution in [3.63, 3.8) is 0 Å². The van der Waals surface area contributed by atoms with Crippen LogP contribution in [0.4, 0.5) is 4.39 Å². The van der Waals surface area contributed by atoms with Crippen LogP contribution in [0.25, 0.3) is 0 Å². The van der Waals surface area contributed by atoms with Crippen LogP contribution in [0, 0.1) is 0 Å². The van der Waals surface area contributed by atoms with Gasteiger partial charge in [0.05, 0.1) is 27.4 Å². The molecule has 0 saturated carbocycles. The van der Waals surface area contributed by atoms with E-state index in [0.29, 0.717) is 17.2 Å². The number of piperazine rings is 1. The van der Waals surface area contributed by atoms with E-state index in [1.54, 1.807) is 27.4 Å². The maximum Gasteiger partial charge on any atom is 0.164 e. The van der Waals surface area contributed by atoms with E-state index in [1.165, 1.54) is 0 Å². The lowest BCUT2D eigenvalue weighted by Crippen LogP contribution is -2.45. The first kappa shape index (κ1) is 22.1. The van der Waals surface area contributed by atoms with Crippen LogP contribution in [0.2, 0.25) is 0 Å². The molecular formula is C15H25Cl2FN2O3. The summed E-state index contributed by atoms with van der Waals surface area (Å²) in [5.41, 5.74) is 0.791. The summed E-state index contributed by atoms with van der Waals surface area (Å²) in [5, 5.41) is 3.27. The molecule has 2 rings (SSSR count). The monoisotopic (exact) mass is 370 g/mol. The Balaban J connectivity index is 0.00000242. The van der Waals surface area contributed by atoms with Gasteiger partial charge in [0.1, 0.15) is 12.4 Å². The Morgan fingerprint density at radius 3 is 2.00 bits per heavy atom. The molecule has 8 heteroatoms. The van der Waals surface area contributed by atoms with Gasteiger partial charge in [-0.15, -0.1) is 24.8 Å². The Bertz CT molecular complexity index is 474. The molecule has 1 atom stereocenters. The third-order valence-corrected chi connectivity index (χ3v) is 3.83. The first-order valence-electron chi connectivity index (χ1n) is 7.05. The maximum absolute atomic E-state index is 13.7. The highest BCUT2D eigenvalue weighted by Gasteiger charge is 2.26. The van der Waals surface area contributed by atoms with E-state index in [9.17, 15) is 4.39 Å². The standard InChI is InChI=1S/C15H23FN2O3.2ClH/c1-19-13-9-15(21-3)14(20-2)8-11(13)12(10-16)18-6-4-17-5-7-18;;/h8-9,12,17H,4-7,10H2,1-3H3;2*1H/t12-;;/m1../s1. The number of methoxy groups -OCH3 is 3. The fourth-order valence-corrected chi connectivity index (χ4v) is 2.68. The molecule has 0 radical (unpaired) electrons. The van der Waals surface area contributed by atoms with E-state index in [2.05, 4.69) is 10.2 Å². The summed E-state index contributed by atoms with van der Waals surface area (Å²) in [5.74, 6) is 1.78. The molecule has 0 bridgehead atoms. The fraction of sp³-hybridized carbons (Fsp3) is 0.600. The normalized spacial score (nSPS) is 15.8. The quantitative estimate of drug-likeness (QED) is 0.832. The molecule has 1 aliphatic heterocycles. The van der Waals surface area contributed by atoms with E-state index < -0.39 is 6.67 Å². The third kappa shape index (κ3) is 5.01. The average molecular weight is 371 g/mol. The van der Waals surface area contributed by atoms with Gasteiger partial charge in [0, 0.05) is 37.8 Å². The number of hydrogen-bond acceptors (Lipinski definition) is 5. The van der Waals surface area contributed by atoms with Crippen LogP contribution in [0.15, 0.2) is 12.1 Å². The number of ether oxygens (including phenoxy) is 3. The summed E-state index contributed by atoms with van der Waals surface area (Å²) >= 11 is 0. The lowest BCUT2D eigenvalue weighted by atomic mass is 10.0. The minimum Gasteiger partial charge on any atom is -0.496 e. The zero-order valence-electron chi connectivity index (χ0n) is 13.6. The largest absolute Gasteiger partial charge is 0.496 e. The summed E-state index contributed by atoms with van der Waals surface area (Å²) in [6.07, 6.45) is 0. The molecule has 1 heterocycles. The Hall–Kier alpha value is -0.950. The van der Waals surface area contributed by atoms with Gasteiger partial charge in [-0.25, -0.2) is 4.39 Å². The molecule has 23 heavy (non-hydrogen) atoms. The van der Waals surface area contributed by atoms with Gasteiger partial charge in [0.15, 0.2) is 11.5 Å². The van der Waals surface area contributed by atoms with Gasteiger partial charge in [-0.2, -0.15) is 0 Å². The Morgan fingerprint density at radius 1 is 1.00 bits per heavy atom. The van der Waals surface area contributed by atoms with Crippen LogP contribution >= 0.6 is 24.8 Å². The number of rotatable bonds is 6. The highest BCUT2D eigenvalue weighted by Crippen LogP contribution is 2.39. The van der Waals surface area contributed by atoms with Crippen LogP contribution in [0.3, 0.4) is 0 Å². The Morgan fingerprint density at radius 2 is 1.52 bits per heavy atom. The molecule has 1 saturated heterocycles. The first-order valence-corrected chi connectivity index (χ1v) is 7.05. The number of nitrogens with one attached hydrogen (secondary N) is 1. The van der Waals surface area contributed by atoms with Gasteiger partial charge in [-0.3, -0.25) is 4.90 Å². The minimum absolute atomic E-state index is 0. The number of hydrogen-bond donors (Lipinski definition) is 1. The average Bonchev–Trinajstić information content (AvgIpc) is 2.56. The second-order valence-corrected chi connectivity index (χ2v) is 4.91. The number of nitrogens with zero attached hydrogens (tertiary/aromatic N) is 1. The lowest BCUT2D eigenvalue weighted by molar-refractivity contribution is 0.144. The van der Waals surface area contributed by atoms with Gasteiger partial charge < -0.3 is 19.5 Å². The van der Waals surface area contributed by atoms with Gasteiger partial charge in [0.2, 0.25) is 0 Å². The molecule has 1 aliphatic rings. The molecule has 1 aromatic carbocycles. The summed E-state index contributed by atoms with van der Waals surface area (Å²) in [4.78, 5) is 2.13. The third-order valence-electron chi connectivity index (χ3n) is 3.83. The van der Waals surface area contributed by atoms with Gasteiger partial charge in [-0.1, -0.05) is 0 Å². The van der Waals surface area contributed by atoms with Crippen LogP contribution < -0.4 is 19.5 Å². The van der Waals surface area contributed by atoms with Crippen LogP contribution in [-0.2, 0) is 0 Å². The number of halogens is 3. The second kappa shape index (κ2) is 10.8. The molecule has 5 nitrogen and oxygen atoms in total. The molecular weight excluding hydrogens is 346 g/mol. The predicted octanol–water partition coefficient (Wildman–Crippen LogP) is 2.47. The van der Waals surface area contributed by atoms with E-state index in [4.69, 9.17) is 14.2 Å². The van der Waals surface area contributed by atoms with Crippen molar-refractivity contribution in [2.75, 3.05) is 54.2 Å². The SMILES string of the molecule is COc1cc(OC)c([C@@H](CF)N2CCNCC2)cc1OC.Cl.Cl. The zero-order valence-corrected chi connectivity index (χ0v) is 15.3. The molecule has 0 spiro atoms. The van der Waals surface area contributed by atoms with Crippen LogP contribution in [0.5, 0.6) is 17.2 Å². The molecule has 1 N–H and O–H groups in total. The fourth-order valence-electron chi connectivity index (χ4n) is 2.68. The van der Waals surface area contributed by atoms with Crippen molar-refractivity contribution in [1.82, 2.24) is 10.2 Å². The van der Waals surface area contributed by atoms with Crippen molar-refractivity contribution in [2.24, 2.45) is 0 Å². The van der Waals surface area contributed by atoms with Crippen LogP contribution in [-0.4, -0.2) is 59.1 Å². The first-order chi connectivity index (χ1) is 10.2. The number of benzene rings is 1. The second-order valence-electron chi connectivity index (χ2n) is 4.91. The topological polar surface area (TPSA) is 43.0 Å². The molecule has 0 amide bonds. The molecule has 134 valence electrons. The van der Waals surface area contributed by atoms with Crippen molar-refractivity contribution in [3.05, 3.63) is 17.7 Å². The van der Waals surface area contributed by atoms with Crippen molar-refractivity contribution >= 4 is 24.8 Å². The molecule has 0 aromatic heterocycles. The van der Waals surface area contributed by atoms with Crippen molar-refractivity contribution in [3.8, 4) is 17.2 Å². The zero-order chi connectivity index (χ0) is 15.2. The summed E-state index contributed by atoms with van der Waals surface area (Å²) < 4.78 is 29.7. The highest BCUT2D eigenvalue weighted by atomic mass is 35.5. The predicted molar refractivity (Wildman–Crippen MR) is 93.8 cm³/mol. The maximum atomic E-state index is 13.7. The van der Waals surface area contributed by atoms with E-state index in [1.807, 2.05) is 6.07 Å². The van der Waals surface area contributed by atoms with E-state index in [0.717, 1.165) is 31.7 Å². The molecule has 1 aromatic rings. The highest BCUT2D eigenvalue weighted by molar-refractivity contribution is 5.85. The van der Waals surface area contributed by atoms with Gasteiger partial charge >= 0.3 is 0 Å². The number of alkyl halides is 1. The van der Waals surface area contributed by atoms with Crippen LogP contribution in [0.1, 0.15) is 11.6 Å². The smallest absolute Gasteiger partial charge is 0.164 e. The van der Waals surface area contributed by atoms with Crippen molar-refractivity contribution < 1.29 is 18.6 Å². The van der Waals surface area contributed by atoms with Crippen molar-refractivity contribution in [1.29, 1.82) is 0 Å². The Labute approximate surface area is 149 Å².